The normalized spacial score (nSPS) is 17.1. The van der Waals surface area contributed by atoms with E-state index in [-0.39, 0.29) is 24.4 Å². The minimum Gasteiger partial charge on any atom is -0.391 e. The molecule has 3 heterocycles. The van der Waals surface area contributed by atoms with Crippen LogP contribution in [-0.2, 0) is 16.1 Å². The molecule has 2 aliphatic heterocycles. The third kappa shape index (κ3) is 5.87. The van der Waals surface area contributed by atoms with Crippen LogP contribution in [0.4, 0.5) is 5.95 Å². The molecule has 2 atom stereocenters. The summed E-state index contributed by atoms with van der Waals surface area (Å²) < 4.78 is 6.15. The highest BCUT2D eigenvalue weighted by Crippen LogP contribution is 2.32. The van der Waals surface area contributed by atoms with Crippen molar-refractivity contribution in [3.8, 4) is 11.3 Å². The lowest BCUT2D eigenvalue weighted by atomic mass is 10.0. The first kappa shape index (κ1) is 26.3. The zero-order valence-electron chi connectivity index (χ0n) is 21.1. The predicted octanol–water partition coefficient (Wildman–Crippen LogP) is 3.69. The van der Waals surface area contributed by atoms with E-state index in [9.17, 15) is 14.7 Å². The molecule has 5 rings (SSSR count). The summed E-state index contributed by atoms with van der Waals surface area (Å²) in [4.78, 5) is 36.7. The van der Waals surface area contributed by atoms with Gasteiger partial charge in [-0.05, 0) is 52.9 Å². The molecule has 0 saturated carbocycles. The molecule has 1 saturated heterocycles. The summed E-state index contributed by atoms with van der Waals surface area (Å²) in [5.41, 5.74) is 3.68. The van der Waals surface area contributed by atoms with Crippen molar-refractivity contribution in [3.63, 3.8) is 0 Å². The van der Waals surface area contributed by atoms with Crippen LogP contribution in [0.15, 0.2) is 59.2 Å². The van der Waals surface area contributed by atoms with Crippen LogP contribution in [0.2, 0.25) is 0 Å². The number of aliphatic hydroxyl groups excluding tert-OH is 1. The van der Waals surface area contributed by atoms with E-state index in [1.807, 2.05) is 48.5 Å². The van der Waals surface area contributed by atoms with Crippen LogP contribution < -0.4 is 10.6 Å². The summed E-state index contributed by atoms with van der Waals surface area (Å²) in [6.45, 7) is 3.30. The molecular weight excluding hydrogens is 550 g/mol. The van der Waals surface area contributed by atoms with E-state index in [4.69, 9.17) is 9.72 Å². The Hall–Kier alpha value is -3.34. The molecule has 2 amide bonds. The first-order chi connectivity index (χ1) is 18.4. The smallest absolute Gasteiger partial charge is 0.254 e. The monoisotopic (exact) mass is 579 g/mol. The van der Waals surface area contributed by atoms with E-state index >= 15 is 0 Å². The summed E-state index contributed by atoms with van der Waals surface area (Å²) in [6, 6.07) is 14.7. The number of aliphatic hydroxyl groups is 1. The molecule has 1 fully saturated rings. The van der Waals surface area contributed by atoms with Gasteiger partial charge in [-0.2, -0.15) is 0 Å². The second kappa shape index (κ2) is 11.6. The quantitative estimate of drug-likeness (QED) is 0.372. The molecule has 2 aliphatic rings. The maximum atomic E-state index is 13.2. The number of anilines is 1. The molecular formula is C28H30BrN5O4. The minimum absolute atomic E-state index is 0.102. The van der Waals surface area contributed by atoms with Crippen LogP contribution >= 0.6 is 15.9 Å². The van der Waals surface area contributed by atoms with Gasteiger partial charge in [-0.15, -0.1) is 0 Å². The number of carbonyl (C=O) groups is 2. The standard InChI is InChI=1S/C28H30BrN5O4/c1-17(35)25(18-5-3-2-4-6-18)32-24(36)16-34-15-20-8-7-19(13-22(20)27(34)37)26-23(29)14-30-28(33-26)31-21-9-11-38-12-10-21/h2-8,13-14,17,21,25,35H,9-12,15-16H2,1H3,(H,32,36)(H,30,31,33). The van der Waals surface area contributed by atoms with Gasteiger partial charge >= 0.3 is 0 Å². The number of hydrogen-bond donors (Lipinski definition) is 3. The zero-order chi connectivity index (χ0) is 26.6. The Bertz CT molecular complexity index is 1310. The predicted molar refractivity (Wildman–Crippen MR) is 146 cm³/mol. The third-order valence-electron chi connectivity index (χ3n) is 6.85. The molecule has 0 bridgehead atoms. The zero-order valence-corrected chi connectivity index (χ0v) is 22.6. The summed E-state index contributed by atoms with van der Waals surface area (Å²) in [6.07, 6.45) is 2.72. The fourth-order valence-corrected chi connectivity index (χ4v) is 5.26. The number of nitrogens with zero attached hydrogens (tertiary/aromatic N) is 3. The molecule has 2 unspecified atom stereocenters. The number of rotatable bonds is 8. The van der Waals surface area contributed by atoms with Gasteiger partial charge in [0.05, 0.1) is 22.3 Å². The van der Waals surface area contributed by atoms with Crippen molar-refractivity contribution in [2.75, 3.05) is 25.1 Å². The molecule has 3 aromatic rings. The van der Waals surface area contributed by atoms with Crippen molar-refractivity contribution in [2.24, 2.45) is 0 Å². The molecule has 9 nitrogen and oxygen atoms in total. The fourth-order valence-electron chi connectivity index (χ4n) is 4.84. The number of carbonyl (C=O) groups excluding carboxylic acids is 2. The van der Waals surface area contributed by atoms with Crippen molar-refractivity contribution >= 4 is 33.7 Å². The van der Waals surface area contributed by atoms with Gasteiger partial charge in [-0.1, -0.05) is 42.5 Å². The van der Waals surface area contributed by atoms with E-state index in [2.05, 4.69) is 31.5 Å². The van der Waals surface area contributed by atoms with Crippen LogP contribution in [0, 0.1) is 0 Å². The first-order valence-corrected chi connectivity index (χ1v) is 13.5. The Labute approximate surface area is 229 Å². The Morgan fingerprint density at radius 1 is 1.21 bits per heavy atom. The number of hydrogen-bond acceptors (Lipinski definition) is 7. The van der Waals surface area contributed by atoms with Gasteiger partial charge in [-0.25, -0.2) is 9.97 Å². The number of aromatic nitrogens is 2. The average Bonchev–Trinajstić information content (AvgIpc) is 3.23. The lowest BCUT2D eigenvalue weighted by Gasteiger charge is -2.23. The molecule has 10 heteroatoms. The second-order valence-corrected chi connectivity index (χ2v) is 10.5. The van der Waals surface area contributed by atoms with Crippen LogP contribution in [-0.4, -0.2) is 63.7 Å². The van der Waals surface area contributed by atoms with Crippen LogP contribution in [0.5, 0.6) is 0 Å². The molecule has 0 spiro atoms. The van der Waals surface area contributed by atoms with Gasteiger partial charge in [0.25, 0.3) is 5.91 Å². The Kier molecular flexibility index (Phi) is 8.01. The van der Waals surface area contributed by atoms with E-state index in [0.717, 1.165) is 34.0 Å². The molecule has 1 aromatic heterocycles. The van der Waals surface area contributed by atoms with Gasteiger partial charge in [0.2, 0.25) is 11.9 Å². The van der Waals surface area contributed by atoms with Crippen LogP contribution in [0.25, 0.3) is 11.3 Å². The molecule has 0 radical (unpaired) electrons. The summed E-state index contributed by atoms with van der Waals surface area (Å²) in [7, 11) is 0. The van der Waals surface area contributed by atoms with Gasteiger partial charge < -0.3 is 25.4 Å². The van der Waals surface area contributed by atoms with Crippen LogP contribution in [0.1, 0.15) is 47.3 Å². The molecule has 2 aromatic carbocycles. The molecule has 0 aliphatic carbocycles. The lowest BCUT2D eigenvalue weighted by Crippen LogP contribution is -2.41. The van der Waals surface area contributed by atoms with Crippen molar-refractivity contribution in [2.45, 2.75) is 44.5 Å². The highest BCUT2D eigenvalue weighted by Gasteiger charge is 2.30. The van der Waals surface area contributed by atoms with Crippen molar-refractivity contribution in [1.29, 1.82) is 0 Å². The van der Waals surface area contributed by atoms with Gasteiger partial charge in [0, 0.05) is 43.1 Å². The lowest BCUT2D eigenvalue weighted by molar-refractivity contribution is -0.123. The van der Waals surface area contributed by atoms with Crippen molar-refractivity contribution in [1.82, 2.24) is 20.2 Å². The van der Waals surface area contributed by atoms with Crippen LogP contribution in [0.3, 0.4) is 0 Å². The highest BCUT2D eigenvalue weighted by molar-refractivity contribution is 9.10. The fraction of sp³-hybridized carbons (Fsp3) is 0.357. The number of halogens is 1. The van der Waals surface area contributed by atoms with E-state index in [1.165, 1.54) is 4.90 Å². The Balaban J connectivity index is 1.28. The van der Waals surface area contributed by atoms with E-state index < -0.39 is 12.1 Å². The second-order valence-electron chi connectivity index (χ2n) is 9.65. The first-order valence-electron chi connectivity index (χ1n) is 12.7. The maximum absolute atomic E-state index is 13.2. The third-order valence-corrected chi connectivity index (χ3v) is 7.43. The van der Waals surface area contributed by atoms with Gasteiger partial charge in [0.15, 0.2) is 0 Å². The largest absolute Gasteiger partial charge is 0.391 e. The van der Waals surface area contributed by atoms with Crippen molar-refractivity contribution < 1.29 is 19.4 Å². The molecule has 3 N–H and O–H groups in total. The van der Waals surface area contributed by atoms with Crippen molar-refractivity contribution in [3.05, 3.63) is 75.9 Å². The minimum atomic E-state index is -0.785. The number of fused-ring (bicyclic) bond motifs is 1. The topological polar surface area (TPSA) is 117 Å². The Morgan fingerprint density at radius 3 is 2.71 bits per heavy atom. The van der Waals surface area contributed by atoms with Gasteiger partial charge in [-0.3, -0.25) is 9.59 Å². The summed E-state index contributed by atoms with van der Waals surface area (Å²) >= 11 is 3.54. The highest BCUT2D eigenvalue weighted by atomic mass is 79.9. The summed E-state index contributed by atoms with van der Waals surface area (Å²) in [5.74, 6) is -0.00847. The van der Waals surface area contributed by atoms with E-state index in [1.54, 1.807) is 13.1 Å². The SMILES string of the molecule is CC(O)C(NC(=O)CN1Cc2ccc(-c3nc(NC4CCOCC4)ncc3Br)cc2C1=O)c1ccccc1. The van der Waals surface area contributed by atoms with E-state index in [0.29, 0.717) is 37.0 Å². The number of nitrogens with one attached hydrogen (secondary N) is 2. The number of amides is 2. The Morgan fingerprint density at radius 2 is 1.97 bits per heavy atom. The number of ether oxygens (including phenoxy) is 1. The summed E-state index contributed by atoms with van der Waals surface area (Å²) in [5, 5.41) is 16.5. The molecule has 38 heavy (non-hydrogen) atoms. The average molecular weight is 580 g/mol. The maximum Gasteiger partial charge on any atom is 0.254 e. The molecule has 198 valence electrons. The van der Waals surface area contributed by atoms with Gasteiger partial charge in [0.1, 0.15) is 6.54 Å². The number of benzene rings is 2.